The number of likely N-dealkylation sites (tertiary alicyclic amines) is 1. The van der Waals surface area contributed by atoms with Crippen molar-refractivity contribution < 1.29 is 5.11 Å². The monoisotopic (exact) mass is 334 g/mol. The van der Waals surface area contributed by atoms with Gasteiger partial charge in [0, 0.05) is 0 Å². The summed E-state index contributed by atoms with van der Waals surface area (Å²) >= 11 is 3.25. The SMILES string of the molecule is Cc1nc2sc([C@H](c3ccsc3)N3CCCCC3)c(O)n2n1. The van der Waals surface area contributed by atoms with E-state index < -0.39 is 0 Å². The molecule has 1 aliphatic rings. The lowest BCUT2D eigenvalue weighted by Crippen LogP contribution is -2.33. The molecular formula is C15H18N4OS2. The van der Waals surface area contributed by atoms with Crippen LogP contribution in [0.4, 0.5) is 0 Å². The highest BCUT2D eigenvalue weighted by Crippen LogP contribution is 2.41. The molecule has 7 heteroatoms. The summed E-state index contributed by atoms with van der Waals surface area (Å²) in [5.41, 5.74) is 1.25. The quantitative estimate of drug-likeness (QED) is 0.797. The Hall–Kier alpha value is -1.44. The van der Waals surface area contributed by atoms with Crippen LogP contribution in [0.1, 0.15) is 41.6 Å². The van der Waals surface area contributed by atoms with Crippen LogP contribution in [-0.4, -0.2) is 37.7 Å². The van der Waals surface area contributed by atoms with Crippen LogP contribution >= 0.6 is 22.7 Å². The number of aryl methyl sites for hydroxylation is 1. The van der Waals surface area contributed by atoms with Gasteiger partial charge in [-0.2, -0.15) is 15.9 Å². The number of hydrogen-bond donors (Lipinski definition) is 1. The summed E-state index contributed by atoms with van der Waals surface area (Å²) in [5, 5.41) is 19.2. The fourth-order valence-corrected chi connectivity index (χ4v) is 5.00. The smallest absolute Gasteiger partial charge is 0.230 e. The van der Waals surface area contributed by atoms with Gasteiger partial charge in [-0.25, -0.2) is 4.98 Å². The van der Waals surface area contributed by atoms with Gasteiger partial charge in [0.05, 0.1) is 10.9 Å². The standard InChI is InChI=1S/C15H18N4OS2/c1-10-16-15-19(17-10)14(20)13(22-15)12(11-5-8-21-9-11)18-6-3-2-4-7-18/h5,8-9,12,20H,2-4,6-7H2,1H3/t12-/m0/s1. The lowest BCUT2D eigenvalue weighted by molar-refractivity contribution is 0.187. The van der Waals surface area contributed by atoms with Gasteiger partial charge >= 0.3 is 0 Å². The highest BCUT2D eigenvalue weighted by Gasteiger charge is 2.30. The van der Waals surface area contributed by atoms with E-state index in [2.05, 4.69) is 31.8 Å². The summed E-state index contributed by atoms with van der Waals surface area (Å²) in [6.45, 7) is 4.00. The van der Waals surface area contributed by atoms with Crippen molar-refractivity contribution in [3.8, 4) is 5.88 Å². The van der Waals surface area contributed by atoms with Gasteiger partial charge in [-0.05, 0) is 55.2 Å². The molecule has 1 aliphatic heterocycles. The first-order valence-corrected chi connectivity index (χ1v) is 9.31. The molecule has 0 saturated carbocycles. The second-order valence-electron chi connectivity index (χ2n) is 5.70. The Morgan fingerprint density at radius 1 is 1.27 bits per heavy atom. The van der Waals surface area contributed by atoms with Crippen LogP contribution in [-0.2, 0) is 0 Å². The molecule has 0 aromatic carbocycles. The van der Waals surface area contributed by atoms with E-state index in [4.69, 9.17) is 0 Å². The van der Waals surface area contributed by atoms with Gasteiger partial charge in [-0.15, -0.1) is 5.10 Å². The average Bonchev–Trinajstić information content (AvgIpc) is 3.22. The Balaban J connectivity index is 1.81. The van der Waals surface area contributed by atoms with Crippen molar-refractivity contribution in [2.24, 2.45) is 0 Å². The van der Waals surface area contributed by atoms with E-state index in [0.717, 1.165) is 22.9 Å². The summed E-state index contributed by atoms with van der Waals surface area (Å²) in [5.74, 6) is 0.931. The van der Waals surface area contributed by atoms with Gasteiger partial charge in [0.15, 0.2) is 0 Å². The molecule has 5 nitrogen and oxygen atoms in total. The van der Waals surface area contributed by atoms with Crippen LogP contribution in [0.2, 0.25) is 0 Å². The third-order valence-corrected chi connectivity index (χ3v) is 5.94. The van der Waals surface area contributed by atoms with Gasteiger partial charge in [0.2, 0.25) is 10.8 Å². The Kier molecular flexibility index (Phi) is 3.63. The van der Waals surface area contributed by atoms with E-state index in [9.17, 15) is 5.11 Å². The molecule has 1 atom stereocenters. The molecule has 0 amide bonds. The van der Waals surface area contributed by atoms with Crippen molar-refractivity contribution in [1.29, 1.82) is 0 Å². The first-order valence-electron chi connectivity index (χ1n) is 7.55. The molecule has 1 N–H and O–H groups in total. The first-order chi connectivity index (χ1) is 10.7. The zero-order valence-electron chi connectivity index (χ0n) is 12.4. The summed E-state index contributed by atoms with van der Waals surface area (Å²) in [4.78, 5) is 8.59. The summed E-state index contributed by atoms with van der Waals surface area (Å²) < 4.78 is 1.57. The van der Waals surface area contributed by atoms with E-state index >= 15 is 0 Å². The third kappa shape index (κ3) is 2.33. The minimum Gasteiger partial charge on any atom is -0.492 e. The zero-order chi connectivity index (χ0) is 15.1. The van der Waals surface area contributed by atoms with E-state index in [1.807, 2.05) is 6.92 Å². The van der Waals surface area contributed by atoms with Crippen molar-refractivity contribution in [2.45, 2.75) is 32.2 Å². The lowest BCUT2D eigenvalue weighted by Gasteiger charge is -2.33. The predicted molar refractivity (Wildman–Crippen MR) is 88.9 cm³/mol. The summed E-state index contributed by atoms with van der Waals surface area (Å²) in [7, 11) is 0. The molecule has 22 heavy (non-hydrogen) atoms. The minimum absolute atomic E-state index is 0.111. The van der Waals surface area contributed by atoms with Gasteiger partial charge in [0.25, 0.3) is 0 Å². The van der Waals surface area contributed by atoms with Gasteiger partial charge in [-0.3, -0.25) is 4.90 Å². The molecule has 0 spiro atoms. The molecule has 0 unspecified atom stereocenters. The number of aromatic hydroxyl groups is 1. The second kappa shape index (κ2) is 5.64. The van der Waals surface area contributed by atoms with Gasteiger partial charge < -0.3 is 5.11 Å². The largest absolute Gasteiger partial charge is 0.492 e. The van der Waals surface area contributed by atoms with E-state index in [1.54, 1.807) is 27.2 Å². The fraction of sp³-hybridized carbons (Fsp3) is 0.467. The number of nitrogens with zero attached hydrogens (tertiary/aromatic N) is 4. The van der Waals surface area contributed by atoms with Crippen molar-refractivity contribution in [3.63, 3.8) is 0 Å². The van der Waals surface area contributed by atoms with Crippen LogP contribution in [0, 0.1) is 6.92 Å². The van der Waals surface area contributed by atoms with Crippen molar-refractivity contribution in [1.82, 2.24) is 19.5 Å². The molecule has 0 bridgehead atoms. The summed E-state index contributed by atoms with van der Waals surface area (Å²) in [6.07, 6.45) is 3.75. The Morgan fingerprint density at radius 3 is 2.77 bits per heavy atom. The highest BCUT2D eigenvalue weighted by atomic mass is 32.1. The molecule has 4 heterocycles. The third-order valence-electron chi connectivity index (χ3n) is 4.17. The number of piperidine rings is 1. The number of thiazole rings is 1. The van der Waals surface area contributed by atoms with Crippen molar-refractivity contribution in [2.75, 3.05) is 13.1 Å². The number of thiophene rings is 1. The second-order valence-corrected chi connectivity index (χ2v) is 7.49. The van der Waals surface area contributed by atoms with Gasteiger partial charge in [0.1, 0.15) is 5.82 Å². The zero-order valence-corrected chi connectivity index (χ0v) is 14.0. The highest BCUT2D eigenvalue weighted by molar-refractivity contribution is 7.17. The van der Waals surface area contributed by atoms with Crippen LogP contribution in [0.5, 0.6) is 5.88 Å². The van der Waals surface area contributed by atoms with E-state index in [1.165, 1.54) is 24.8 Å². The molecule has 1 saturated heterocycles. The number of fused-ring (bicyclic) bond motifs is 1. The van der Waals surface area contributed by atoms with E-state index in [-0.39, 0.29) is 11.9 Å². The molecule has 116 valence electrons. The predicted octanol–water partition coefficient (Wildman–Crippen LogP) is 3.44. The van der Waals surface area contributed by atoms with Crippen LogP contribution < -0.4 is 0 Å². The van der Waals surface area contributed by atoms with Crippen molar-refractivity contribution >= 4 is 27.6 Å². The molecule has 0 radical (unpaired) electrons. The normalized spacial score (nSPS) is 18.0. The average molecular weight is 334 g/mol. The van der Waals surface area contributed by atoms with Crippen LogP contribution in [0.25, 0.3) is 4.96 Å². The molecular weight excluding hydrogens is 316 g/mol. The maximum Gasteiger partial charge on any atom is 0.230 e. The van der Waals surface area contributed by atoms with Crippen LogP contribution in [0.15, 0.2) is 16.8 Å². The fourth-order valence-electron chi connectivity index (χ4n) is 3.16. The molecule has 1 fully saturated rings. The lowest BCUT2D eigenvalue weighted by atomic mass is 10.0. The number of rotatable bonds is 3. The van der Waals surface area contributed by atoms with Crippen molar-refractivity contribution in [3.05, 3.63) is 33.1 Å². The topological polar surface area (TPSA) is 53.7 Å². The number of hydrogen-bond acceptors (Lipinski definition) is 6. The molecule has 3 aromatic heterocycles. The minimum atomic E-state index is 0.111. The number of aromatic nitrogens is 3. The Labute approximate surface area is 136 Å². The molecule has 3 aromatic rings. The van der Waals surface area contributed by atoms with E-state index in [0.29, 0.717) is 5.82 Å². The maximum absolute atomic E-state index is 10.7. The first kappa shape index (κ1) is 14.2. The molecule has 4 rings (SSSR count). The van der Waals surface area contributed by atoms with Gasteiger partial charge in [-0.1, -0.05) is 17.8 Å². The molecule has 0 aliphatic carbocycles. The summed E-state index contributed by atoms with van der Waals surface area (Å²) in [6, 6.07) is 2.27. The Bertz CT molecular complexity index is 771. The Morgan fingerprint density at radius 2 is 2.09 bits per heavy atom. The maximum atomic E-state index is 10.7. The van der Waals surface area contributed by atoms with Crippen LogP contribution in [0.3, 0.4) is 0 Å².